The van der Waals surface area contributed by atoms with Crippen molar-refractivity contribution in [3.63, 3.8) is 0 Å². The summed E-state index contributed by atoms with van der Waals surface area (Å²) in [6, 6.07) is 0. The summed E-state index contributed by atoms with van der Waals surface area (Å²) in [5.41, 5.74) is 0. The molecule has 2 unspecified atom stereocenters. The molecule has 0 aliphatic heterocycles. The van der Waals surface area contributed by atoms with Crippen LogP contribution in [-0.4, -0.2) is 37.2 Å². The predicted octanol–water partition coefficient (Wildman–Crippen LogP) is 16.8. The molecule has 0 saturated carbocycles. The molecule has 0 spiro atoms. The van der Waals surface area contributed by atoms with Gasteiger partial charge in [0.05, 0.1) is 0 Å². The van der Waals surface area contributed by atoms with Crippen LogP contribution in [0.25, 0.3) is 0 Å². The third-order valence-electron chi connectivity index (χ3n) is 12.6. The van der Waals surface area contributed by atoms with E-state index in [1.807, 2.05) is 0 Å². The molecule has 0 aromatic rings. The number of rotatable bonds is 46. The fourth-order valence-corrected chi connectivity index (χ4v) is 7.87. The molecular formula is C53H102O6. The van der Waals surface area contributed by atoms with Gasteiger partial charge in [-0.25, -0.2) is 0 Å². The quantitative estimate of drug-likeness (QED) is 0.0345. The van der Waals surface area contributed by atoms with Crippen LogP contribution in [0.2, 0.25) is 0 Å². The minimum Gasteiger partial charge on any atom is -0.462 e. The number of carbonyl (C=O) groups excluding carboxylic acids is 3. The molecule has 0 aromatic heterocycles. The fraction of sp³-hybridized carbons (Fsp3) is 0.943. The first-order valence-corrected chi connectivity index (χ1v) is 26.2. The molecule has 0 fully saturated rings. The normalized spacial score (nSPS) is 13.1. The maximum absolute atomic E-state index is 12.8. The molecule has 0 aliphatic carbocycles. The second-order valence-corrected chi connectivity index (χ2v) is 19.1. The molecule has 0 aromatic carbocycles. The SMILES string of the molecule is CCC(C)CCCCCCCCCCCCC(=O)OC[C@@H](COC(=O)CCCCCCCCCCC(C)CC)OC(=O)CCCCCCCCCCCCCCC(C)C. The van der Waals surface area contributed by atoms with E-state index in [0.717, 1.165) is 75.5 Å². The number of unbranched alkanes of at least 4 members (excludes halogenated alkanes) is 27. The Morgan fingerprint density at radius 1 is 0.339 bits per heavy atom. The highest BCUT2D eigenvalue weighted by Gasteiger charge is 2.19. The van der Waals surface area contributed by atoms with Gasteiger partial charge in [-0.15, -0.1) is 0 Å². The second-order valence-electron chi connectivity index (χ2n) is 19.1. The fourth-order valence-electron chi connectivity index (χ4n) is 7.87. The van der Waals surface area contributed by atoms with E-state index >= 15 is 0 Å². The predicted molar refractivity (Wildman–Crippen MR) is 252 cm³/mol. The Kier molecular flexibility index (Phi) is 43.3. The molecule has 0 rings (SSSR count). The molecule has 0 bridgehead atoms. The Hall–Kier alpha value is -1.59. The second kappa shape index (κ2) is 44.5. The topological polar surface area (TPSA) is 78.9 Å². The number of hydrogen-bond acceptors (Lipinski definition) is 6. The molecule has 0 aliphatic rings. The van der Waals surface area contributed by atoms with E-state index in [-0.39, 0.29) is 31.1 Å². The Bertz CT molecular complexity index is 918. The van der Waals surface area contributed by atoms with Gasteiger partial charge in [0, 0.05) is 19.3 Å². The van der Waals surface area contributed by atoms with Crippen LogP contribution in [0.15, 0.2) is 0 Å². The summed E-state index contributed by atoms with van der Waals surface area (Å²) in [5.74, 6) is 1.70. The Balaban J connectivity index is 4.34. The van der Waals surface area contributed by atoms with E-state index < -0.39 is 6.10 Å². The molecule has 0 saturated heterocycles. The number of carbonyl (C=O) groups is 3. The van der Waals surface area contributed by atoms with Gasteiger partial charge in [-0.2, -0.15) is 0 Å². The number of esters is 3. The average molecular weight is 835 g/mol. The molecule has 0 amide bonds. The first-order chi connectivity index (χ1) is 28.7. The van der Waals surface area contributed by atoms with Crippen molar-refractivity contribution in [3.8, 4) is 0 Å². The molecule has 350 valence electrons. The van der Waals surface area contributed by atoms with Crippen molar-refractivity contribution < 1.29 is 28.6 Å². The smallest absolute Gasteiger partial charge is 0.306 e. The summed E-state index contributed by atoms with van der Waals surface area (Å²) < 4.78 is 16.8. The van der Waals surface area contributed by atoms with Crippen LogP contribution in [0.1, 0.15) is 286 Å². The monoisotopic (exact) mass is 835 g/mol. The third-order valence-corrected chi connectivity index (χ3v) is 12.6. The van der Waals surface area contributed by atoms with Crippen molar-refractivity contribution >= 4 is 17.9 Å². The highest BCUT2D eigenvalue weighted by atomic mass is 16.6. The minimum absolute atomic E-state index is 0.0650. The largest absolute Gasteiger partial charge is 0.462 e. The van der Waals surface area contributed by atoms with Crippen molar-refractivity contribution in [2.24, 2.45) is 17.8 Å². The molecule has 0 radical (unpaired) electrons. The number of hydrogen-bond donors (Lipinski definition) is 0. The summed E-state index contributed by atoms with van der Waals surface area (Å²) in [5, 5.41) is 0. The molecular weight excluding hydrogens is 733 g/mol. The van der Waals surface area contributed by atoms with Gasteiger partial charge in [-0.1, -0.05) is 247 Å². The molecule has 6 nitrogen and oxygen atoms in total. The zero-order valence-electron chi connectivity index (χ0n) is 40.5. The molecule has 59 heavy (non-hydrogen) atoms. The van der Waals surface area contributed by atoms with Crippen LogP contribution in [0, 0.1) is 17.8 Å². The van der Waals surface area contributed by atoms with Gasteiger partial charge in [0.2, 0.25) is 0 Å². The van der Waals surface area contributed by atoms with Gasteiger partial charge in [-0.3, -0.25) is 14.4 Å². The third kappa shape index (κ3) is 44.3. The lowest BCUT2D eigenvalue weighted by Gasteiger charge is -2.18. The van der Waals surface area contributed by atoms with Gasteiger partial charge in [0.1, 0.15) is 13.2 Å². The van der Waals surface area contributed by atoms with Gasteiger partial charge >= 0.3 is 17.9 Å². The Labute approximate surface area is 368 Å². The van der Waals surface area contributed by atoms with Gasteiger partial charge in [0.15, 0.2) is 6.10 Å². The highest BCUT2D eigenvalue weighted by molar-refractivity contribution is 5.71. The Morgan fingerprint density at radius 2 is 0.593 bits per heavy atom. The van der Waals surface area contributed by atoms with Crippen molar-refractivity contribution in [2.75, 3.05) is 13.2 Å². The maximum atomic E-state index is 12.8. The molecule has 6 heteroatoms. The Morgan fingerprint density at radius 3 is 0.881 bits per heavy atom. The van der Waals surface area contributed by atoms with E-state index in [1.54, 1.807) is 0 Å². The first-order valence-electron chi connectivity index (χ1n) is 26.2. The summed E-state index contributed by atoms with van der Waals surface area (Å²) in [7, 11) is 0. The van der Waals surface area contributed by atoms with E-state index in [9.17, 15) is 14.4 Å². The van der Waals surface area contributed by atoms with Crippen LogP contribution < -0.4 is 0 Å². The first kappa shape index (κ1) is 57.4. The van der Waals surface area contributed by atoms with Crippen LogP contribution in [0.4, 0.5) is 0 Å². The minimum atomic E-state index is -0.763. The lowest BCUT2D eigenvalue weighted by molar-refractivity contribution is -0.167. The zero-order chi connectivity index (χ0) is 43.4. The molecule has 3 atom stereocenters. The van der Waals surface area contributed by atoms with Gasteiger partial charge in [0.25, 0.3) is 0 Å². The standard InChI is InChI=1S/C53H102O6/c1-7-48(5)40-34-28-22-16-13-14-17-24-30-36-42-51(54)57-45-50(46-58-52(55)43-37-31-25-20-19-23-29-35-41-49(6)8-2)59-53(56)44-38-32-26-18-12-10-9-11-15-21-27-33-39-47(3)4/h47-50H,7-46H2,1-6H3/t48?,49?,50-/m0/s1. The number of ether oxygens (including phenoxy) is 3. The highest BCUT2D eigenvalue weighted by Crippen LogP contribution is 2.18. The molecule has 0 N–H and O–H groups in total. The summed E-state index contributed by atoms with van der Waals surface area (Å²) in [6.07, 6.45) is 43.6. The van der Waals surface area contributed by atoms with E-state index in [1.165, 1.54) is 167 Å². The van der Waals surface area contributed by atoms with Gasteiger partial charge < -0.3 is 14.2 Å². The molecule has 0 heterocycles. The van der Waals surface area contributed by atoms with Crippen LogP contribution in [-0.2, 0) is 28.6 Å². The summed E-state index contributed by atoms with van der Waals surface area (Å²) in [4.78, 5) is 38.0. The van der Waals surface area contributed by atoms with E-state index in [2.05, 4.69) is 41.5 Å². The summed E-state index contributed by atoms with van der Waals surface area (Å²) >= 11 is 0. The van der Waals surface area contributed by atoms with Crippen molar-refractivity contribution in [2.45, 2.75) is 292 Å². The average Bonchev–Trinajstić information content (AvgIpc) is 3.22. The lowest BCUT2D eigenvalue weighted by atomic mass is 9.99. The maximum Gasteiger partial charge on any atom is 0.306 e. The van der Waals surface area contributed by atoms with E-state index in [0.29, 0.717) is 19.3 Å². The van der Waals surface area contributed by atoms with E-state index in [4.69, 9.17) is 14.2 Å². The van der Waals surface area contributed by atoms with Crippen molar-refractivity contribution in [3.05, 3.63) is 0 Å². The van der Waals surface area contributed by atoms with Crippen LogP contribution >= 0.6 is 0 Å². The van der Waals surface area contributed by atoms with Crippen molar-refractivity contribution in [1.82, 2.24) is 0 Å². The van der Waals surface area contributed by atoms with Gasteiger partial charge in [-0.05, 0) is 37.0 Å². The zero-order valence-corrected chi connectivity index (χ0v) is 40.5. The van der Waals surface area contributed by atoms with Crippen LogP contribution in [0.3, 0.4) is 0 Å². The van der Waals surface area contributed by atoms with Crippen LogP contribution in [0.5, 0.6) is 0 Å². The lowest BCUT2D eigenvalue weighted by Crippen LogP contribution is -2.30. The van der Waals surface area contributed by atoms with Crippen molar-refractivity contribution in [1.29, 1.82) is 0 Å². The summed E-state index contributed by atoms with van der Waals surface area (Å²) in [6.45, 7) is 13.8.